The lowest BCUT2D eigenvalue weighted by molar-refractivity contribution is -0.112. The van der Waals surface area contributed by atoms with Crippen molar-refractivity contribution in [2.45, 2.75) is 26.7 Å². The average molecular weight is 422 g/mol. The molecule has 7 heteroatoms. The predicted octanol–water partition coefficient (Wildman–Crippen LogP) is 4.60. The molecule has 0 aliphatic carbocycles. The van der Waals surface area contributed by atoms with Gasteiger partial charge in [-0.15, -0.1) is 0 Å². The molecule has 0 bridgehead atoms. The third-order valence-electron chi connectivity index (χ3n) is 4.27. The summed E-state index contributed by atoms with van der Waals surface area (Å²) in [7, 11) is 1.52. The molecule has 2 aromatic carbocycles. The summed E-state index contributed by atoms with van der Waals surface area (Å²) in [5.74, 6) is 0.120. The van der Waals surface area contributed by atoms with E-state index in [1.165, 1.54) is 13.2 Å². The Morgan fingerprint density at radius 1 is 1.10 bits per heavy atom. The first-order valence-corrected chi connectivity index (χ1v) is 10.0. The van der Waals surface area contributed by atoms with Crippen LogP contribution in [-0.4, -0.2) is 32.2 Å². The summed E-state index contributed by atoms with van der Waals surface area (Å²) in [6.45, 7) is 4.75. The van der Waals surface area contributed by atoms with Crippen molar-refractivity contribution in [1.82, 2.24) is 0 Å². The van der Waals surface area contributed by atoms with Crippen LogP contribution in [0, 0.1) is 11.3 Å². The molecular weight excluding hydrogens is 396 g/mol. The third-order valence-corrected chi connectivity index (χ3v) is 4.27. The van der Waals surface area contributed by atoms with Gasteiger partial charge >= 0.3 is 5.97 Å². The van der Waals surface area contributed by atoms with Gasteiger partial charge in [-0.2, -0.15) is 5.26 Å². The average Bonchev–Trinajstić information content (AvgIpc) is 2.78. The van der Waals surface area contributed by atoms with Gasteiger partial charge in [0.15, 0.2) is 11.5 Å². The van der Waals surface area contributed by atoms with Crippen LogP contribution in [0.4, 0.5) is 5.69 Å². The normalized spacial score (nSPS) is 10.7. The zero-order valence-corrected chi connectivity index (χ0v) is 17.9. The van der Waals surface area contributed by atoms with Gasteiger partial charge in [0, 0.05) is 5.69 Å². The van der Waals surface area contributed by atoms with E-state index in [4.69, 9.17) is 14.2 Å². The van der Waals surface area contributed by atoms with E-state index in [0.29, 0.717) is 41.5 Å². The van der Waals surface area contributed by atoms with Crippen molar-refractivity contribution in [3.63, 3.8) is 0 Å². The fourth-order valence-electron chi connectivity index (χ4n) is 2.64. The lowest BCUT2D eigenvalue weighted by atomic mass is 10.1. The Kier molecular flexibility index (Phi) is 9.12. The summed E-state index contributed by atoms with van der Waals surface area (Å²) in [4.78, 5) is 24.5. The number of hydrogen-bond donors (Lipinski definition) is 1. The number of rotatable bonds is 10. The summed E-state index contributed by atoms with van der Waals surface area (Å²) in [5, 5.41) is 12.1. The Labute approximate surface area is 182 Å². The van der Waals surface area contributed by atoms with Gasteiger partial charge in [-0.3, -0.25) is 4.79 Å². The quantitative estimate of drug-likeness (QED) is 0.260. The SMILES string of the molecule is CCCCOC(=O)c1ccc(NC(=O)/C(C#N)=C/c2ccc(OCC)c(OC)c2)cc1. The smallest absolute Gasteiger partial charge is 0.338 e. The van der Waals surface area contributed by atoms with Gasteiger partial charge in [0.05, 0.1) is 25.9 Å². The van der Waals surface area contributed by atoms with Crippen molar-refractivity contribution in [3.05, 3.63) is 59.2 Å². The second-order valence-electron chi connectivity index (χ2n) is 6.53. The summed E-state index contributed by atoms with van der Waals surface area (Å²) >= 11 is 0. The Morgan fingerprint density at radius 3 is 2.45 bits per heavy atom. The Balaban J connectivity index is 2.09. The molecule has 162 valence electrons. The van der Waals surface area contributed by atoms with Gasteiger partial charge in [-0.25, -0.2) is 4.79 Å². The van der Waals surface area contributed by atoms with Crippen molar-refractivity contribution >= 4 is 23.6 Å². The van der Waals surface area contributed by atoms with Gasteiger partial charge in [0.25, 0.3) is 5.91 Å². The number of methoxy groups -OCH3 is 1. The van der Waals surface area contributed by atoms with Crippen molar-refractivity contribution in [2.24, 2.45) is 0 Å². The largest absolute Gasteiger partial charge is 0.493 e. The molecule has 0 saturated carbocycles. The molecule has 0 heterocycles. The minimum atomic E-state index is -0.561. The van der Waals surface area contributed by atoms with Crippen LogP contribution in [0.2, 0.25) is 0 Å². The highest BCUT2D eigenvalue weighted by atomic mass is 16.5. The van der Waals surface area contributed by atoms with E-state index < -0.39 is 11.9 Å². The standard InChI is InChI=1S/C24H26N2O5/c1-4-6-13-31-24(28)18-8-10-20(11-9-18)26-23(27)19(16-25)14-17-7-12-21(30-5-2)22(15-17)29-3/h7-12,14-15H,4-6,13H2,1-3H3,(H,26,27)/b19-14+. The molecule has 0 aliphatic heterocycles. The number of esters is 1. The Morgan fingerprint density at radius 2 is 1.84 bits per heavy atom. The van der Waals surface area contributed by atoms with Gasteiger partial charge in [0.2, 0.25) is 0 Å². The maximum Gasteiger partial charge on any atom is 0.338 e. The van der Waals surface area contributed by atoms with E-state index >= 15 is 0 Å². The lowest BCUT2D eigenvalue weighted by Crippen LogP contribution is -2.13. The molecule has 0 fully saturated rings. The van der Waals surface area contributed by atoms with Crippen LogP contribution in [0.25, 0.3) is 6.08 Å². The van der Waals surface area contributed by atoms with Crippen LogP contribution >= 0.6 is 0 Å². The third kappa shape index (κ3) is 6.89. The molecule has 0 radical (unpaired) electrons. The van der Waals surface area contributed by atoms with E-state index in [9.17, 15) is 14.9 Å². The van der Waals surface area contributed by atoms with Crippen LogP contribution in [0.5, 0.6) is 11.5 Å². The van der Waals surface area contributed by atoms with Crippen molar-refractivity contribution in [2.75, 3.05) is 25.6 Å². The number of nitrogens with one attached hydrogen (secondary N) is 1. The number of hydrogen-bond acceptors (Lipinski definition) is 6. The Hall–Kier alpha value is -3.79. The number of amides is 1. The highest BCUT2D eigenvalue weighted by Gasteiger charge is 2.12. The van der Waals surface area contributed by atoms with Gasteiger partial charge < -0.3 is 19.5 Å². The number of carbonyl (C=O) groups is 2. The molecule has 1 N–H and O–H groups in total. The topological polar surface area (TPSA) is 97.7 Å². The van der Waals surface area contributed by atoms with Crippen LogP contribution < -0.4 is 14.8 Å². The fraction of sp³-hybridized carbons (Fsp3) is 0.292. The van der Waals surface area contributed by atoms with E-state index in [2.05, 4.69) is 5.32 Å². The van der Waals surface area contributed by atoms with Gasteiger partial charge in [0.1, 0.15) is 11.6 Å². The molecule has 2 aromatic rings. The number of unbranched alkanes of at least 4 members (excludes halogenated alkanes) is 1. The number of nitriles is 1. The van der Waals surface area contributed by atoms with E-state index in [-0.39, 0.29) is 5.57 Å². The second-order valence-corrected chi connectivity index (χ2v) is 6.53. The molecule has 7 nitrogen and oxygen atoms in total. The monoisotopic (exact) mass is 422 g/mol. The number of ether oxygens (including phenoxy) is 3. The number of carbonyl (C=O) groups excluding carboxylic acids is 2. The van der Waals surface area contributed by atoms with Gasteiger partial charge in [-0.1, -0.05) is 19.4 Å². The molecule has 0 unspecified atom stereocenters. The number of nitrogens with zero attached hydrogens (tertiary/aromatic N) is 1. The minimum Gasteiger partial charge on any atom is -0.493 e. The second kappa shape index (κ2) is 12.0. The molecular formula is C24H26N2O5. The zero-order chi connectivity index (χ0) is 22.6. The minimum absolute atomic E-state index is 0.0748. The van der Waals surface area contributed by atoms with Crippen molar-refractivity contribution in [3.8, 4) is 17.6 Å². The van der Waals surface area contributed by atoms with Crippen LogP contribution in [0.3, 0.4) is 0 Å². The Bertz CT molecular complexity index is 974. The van der Waals surface area contributed by atoms with E-state index in [1.54, 1.807) is 42.5 Å². The van der Waals surface area contributed by atoms with Gasteiger partial charge in [-0.05, 0) is 61.4 Å². The molecule has 1 amide bonds. The van der Waals surface area contributed by atoms with Crippen molar-refractivity contribution < 1.29 is 23.8 Å². The molecule has 0 atom stereocenters. The first kappa shape index (κ1) is 23.5. The lowest BCUT2D eigenvalue weighted by Gasteiger charge is -2.10. The zero-order valence-electron chi connectivity index (χ0n) is 17.9. The van der Waals surface area contributed by atoms with Crippen LogP contribution in [-0.2, 0) is 9.53 Å². The molecule has 2 rings (SSSR count). The molecule has 0 saturated heterocycles. The number of benzene rings is 2. The highest BCUT2D eigenvalue weighted by Crippen LogP contribution is 2.29. The van der Waals surface area contributed by atoms with E-state index in [1.807, 2.05) is 19.9 Å². The van der Waals surface area contributed by atoms with E-state index in [0.717, 1.165) is 12.8 Å². The highest BCUT2D eigenvalue weighted by molar-refractivity contribution is 6.09. The fourth-order valence-corrected chi connectivity index (χ4v) is 2.64. The van der Waals surface area contributed by atoms with Crippen LogP contribution in [0.1, 0.15) is 42.6 Å². The van der Waals surface area contributed by atoms with Crippen LogP contribution in [0.15, 0.2) is 48.0 Å². The van der Waals surface area contributed by atoms with Crippen molar-refractivity contribution in [1.29, 1.82) is 5.26 Å². The molecule has 31 heavy (non-hydrogen) atoms. The maximum absolute atomic E-state index is 12.5. The maximum atomic E-state index is 12.5. The molecule has 0 spiro atoms. The summed E-state index contributed by atoms with van der Waals surface area (Å²) in [6.07, 6.45) is 3.22. The summed E-state index contributed by atoms with van der Waals surface area (Å²) in [5.41, 5.74) is 1.40. The number of anilines is 1. The first-order chi connectivity index (χ1) is 15.0. The molecule has 0 aromatic heterocycles. The summed E-state index contributed by atoms with van der Waals surface area (Å²) in [6, 6.07) is 13.4. The molecule has 0 aliphatic rings. The summed E-state index contributed by atoms with van der Waals surface area (Å²) < 4.78 is 15.9. The predicted molar refractivity (Wildman–Crippen MR) is 118 cm³/mol. The first-order valence-electron chi connectivity index (χ1n) is 10.0.